The Bertz CT molecular complexity index is 795. The molecule has 0 radical (unpaired) electrons. The average Bonchev–Trinajstić information content (AvgIpc) is 3.16. The molecule has 7 nitrogen and oxygen atoms in total. The molecule has 2 aromatic rings. The zero-order chi connectivity index (χ0) is 18.2. The molecule has 134 valence electrons. The summed E-state index contributed by atoms with van der Waals surface area (Å²) in [5.41, 5.74) is -1.18. The van der Waals surface area contributed by atoms with Gasteiger partial charge in [-0.15, -0.1) is 5.10 Å². The molecule has 1 aromatic carbocycles. The summed E-state index contributed by atoms with van der Waals surface area (Å²) in [6.07, 6.45) is -4.14. The first-order valence-corrected chi connectivity index (χ1v) is 7.73. The van der Waals surface area contributed by atoms with E-state index in [9.17, 15) is 18.0 Å². The molecular weight excluding hydrogens is 363 g/mol. The summed E-state index contributed by atoms with van der Waals surface area (Å²) in [5, 5.41) is 19.9. The summed E-state index contributed by atoms with van der Waals surface area (Å²) in [4.78, 5) is 12.8. The molecule has 11 heteroatoms. The number of halogens is 4. The Balaban J connectivity index is 1.89. The Labute approximate surface area is 145 Å². The van der Waals surface area contributed by atoms with E-state index in [1.165, 1.54) is 12.1 Å². The Morgan fingerprint density at radius 2 is 2.16 bits per heavy atom. The lowest BCUT2D eigenvalue weighted by molar-refractivity contribution is -0.141. The summed E-state index contributed by atoms with van der Waals surface area (Å²) >= 11 is 5.68. The van der Waals surface area contributed by atoms with Crippen molar-refractivity contribution in [1.82, 2.24) is 25.1 Å². The molecule has 0 amide bonds. The van der Waals surface area contributed by atoms with Gasteiger partial charge in [-0.1, -0.05) is 11.6 Å². The van der Waals surface area contributed by atoms with Gasteiger partial charge in [0, 0.05) is 11.6 Å². The summed E-state index contributed by atoms with van der Waals surface area (Å²) < 4.78 is 40.8. The van der Waals surface area contributed by atoms with Crippen molar-refractivity contribution in [1.29, 1.82) is 0 Å². The van der Waals surface area contributed by atoms with Gasteiger partial charge in [-0.25, -0.2) is 0 Å². The molecule has 3 rings (SSSR count). The summed E-state index contributed by atoms with van der Waals surface area (Å²) in [6, 6.07) is 3.35. The van der Waals surface area contributed by atoms with Crippen LogP contribution < -0.4 is 0 Å². The molecule has 0 bridgehead atoms. The van der Waals surface area contributed by atoms with E-state index >= 15 is 0 Å². The van der Waals surface area contributed by atoms with Gasteiger partial charge in [0.1, 0.15) is 0 Å². The standard InChI is InChI=1S/C14H13ClF3N5O2/c15-9-1-2-11(10(5-9)14(16,17)18)23-12(19-20-21-23)7-22-4-3-8(6-22)13(24)25/h1-2,5,8H,3-4,6-7H2,(H,24,25). The molecule has 0 aliphatic carbocycles. The fourth-order valence-corrected chi connectivity index (χ4v) is 2.96. The maximum absolute atomic E-state index is 13.3. The van der Waals surface area contributed by atoms with Crippen LogP contribution in [0.15, 0.2) is 18.2 Å². The number of benzene rings is 1. The van der Waals surface area contributed by atoms with Crippen molar-refractivity contribution >= 4 is 17.6 Å². The van der Waals surface area contributed by atoms with Gasteiger partial charge in [-0.3, -0.25) is 9.69 Å². The number of alkyl halides is 3. The summed E-state index contributed by atoms with van der Waals surface area (Å²) in [7, 11) is 0. The number of aliphatic carboxylic acids is 1. The molecule has 1 atom stereocenters. The number of nitrogens with zero attached hydrogens (tertiary/aromatic N) is 5. The van der Waals surface area contributed by atoms with Crippen LogP contribution in [-0.4, -0.2) is 49.3 Å². The van der Waals surface area contributed by atoms with Crippen LogP contribution in [0, 0.1) is 5.92 Å². The fourth-order valence-electron chi connectivity index (χ4n) is 2.79. The molecule has 1 unspecified atom stereocenters. The molecule has 25 heavy (non-hydrogen) atoms. The molecular formula is C14H13ClF3N5O2. The van der Waals surface area contributed by atoms with E-state index < -0.39 is 23.6 Å². The number of aromatic nitrogens is 4. The highest BCUT2D eigenvalue weighted by Gasteiger charge is 2.35. The van der Waals surface area contributed by atoms with Crippen molar-refractivity contribution in [3.05, 3.63) is 34.6 Å². The van der Waals surface area contributed by atoms with Crippen LogP contribution in [0.2, 0.25) is 5.02 Å². The number of likely N-dealkylation sites (tertiary alicyclic amines) is 1. The highest BCUT2D eigenvalue weighted by atomic mass is 35.5. The average molecular weight is 376 g/mol. The molecule has 1 aliphatic rings. The molecule has 1 aliphatic heterocycles. The van der Waals surface area contributed by atoms with Crippen LogP contribution >= 0.6 is 11.6 Å². The third kappa shape index (κ3) is 3.74. The van der Waals surface area contributed by atoms with Gasteiger partial charge in [0.15, 0.2) is 5.82 Å². The van der Waals surface area contributed by atoms with Crippen molar-refractivity contribution in [2.45, 2.75) is 19.1 Å². The Kier molecular flexibility index (Phi) is 4.65. The lowest BCUT2D eigenvalue weighted by Gasteiger charge is -2.17. The first kappa shape index (κ1) is 17.6. The lowest BCUT2D eigenvalue weighted by Crippen LogP contribution is -2.25. The second-order valence-electron chi connectivity index (χ2n) is 5.73. The molecule has 1 saturated heterocycles. The maximum atomic E-state index is 13.3. The Hall–Kier alpha value is -2.20. The van der Waals surface area contributed by atoms with Gasteiger partial charge in [0.2, 0.25) is 0 Å². The largest absolute Gasteiger partial charge is 0.481 e. The van der Waals surface area contributed by atoms with Crippen molar-refractivity contribution in [2.75, 3.05) is 13.1 Å². The monoisotopic (exact) mass is 375 g/mol. The fraction of sp³-hybridized carbons (Fsp3) is 0.429. The predicted molar refractivity (Wildman–Crippen MR) is 80.2 cm³/mol. The maximum Gasteiger partial charge on any atom is 0.418 e. The quantitative estimate of drug-likeness (QED) is 0.882. The Morgan fingerprint density at radius 1 is 1.40 bits per heavy atom. The van der Waals surface area contributed by atoms with Crippen LogP contribution in [-0.2, 0) is 17.5 Å². The summed E-state index contributed by atoms with van der Waals surface area (Å²) in [6.45, 7) is 0.961. The van der Waals surface area contributed by atoms with E-state index in [0.717, 1.165) is 10.7 Å². The SMILES string of the molecule is O=C(O)C1CCN(Cc2nnnn2-c2ccc(Cl)cc2C(F)(F)F)C1. The molecule has 0 spiro atoms. The zero-order valence-corrected chi connectivity index (χ0v) is 13.5. The van der Waals surface area contributed by atoms with Crippen molar-refractivity contribution in [3.8, 4) is 5.69 Å². The second kappa shape index (κ2) is 6.60. The van der Waals surface area contributed by atoms with Crippen LogP contribution in [0.4, 0.5) is 13.2 Å². The third-order valence-corrected chi connectivity index (χ3v) is 4.25. The van der Waals surface area contributed by atoms with E-state index in [2.05, 4.69) is 15.5 Å². The van der Waals surface area contributed by atoms with Gasteiger partial charge in [0.25, 0.3) is 0 Å². The van der Waals surface area contributed by atoms with Gasteiger partial charge in [-0.05, 0) is 41.6 Å². The topological polar surface area (TPSA) is 84.1 Å². The second-order valence-corrected chi connectivity index (χ2v) is 6.16. The van der Waals surface area contributed by atoms with E-state index in [1.54, 1.807) is 4.90 Å². The minimum absolute atomic E-state index is 0.0467. The van der Waals surface area contributed by atoms with Gasteiger partial charge in [-0.2, -0.15) is 17.9 Å². The predicted octanol–water partition coefficient (Wildman–Crippen LogP) is 2.24. The number of hydrogen-bond donors (Lipinski definition) is 1. The van der Waals surface area contributed by atoms with Crippen LogP contribution in [0.3, 0.4) is 0 Å². The van der Waals surface area contributed by atoms with E-state index in [-0.39, 0.29) is 23.1 Å². The van der Waals surface area contributed by atoms with Crippen LogP contribution in [0.1, 0.15) is 17.8 Å². The number of hydrogen-bond acceptors (Lipinski definition) is 5. The van der Waals surface area contributed by atoms with E-state index in [0.29, 0.717) is 19.5 Å². The molecule has 1 N–H and O–H groups in total. The van der Waals surface area contributed by atoms with E-state index in [4.69, 9.17) is 16.7 Å². The van der Waals surface area contributed by atoms with Gasteiger partial charge in [0.05, 0.1) is 23.7 Å². The molecule has 1 aromatic heterocycles. The molecule has 2 heterocycles. The summed E-state index contributed by atoms with van der Waals surface area (Å²) in [5.74, 6) is -1.19. The smallest absolute Gasteiger partial charge is 0.418 e. The van der Waals surface area contributed by atoms with Crippen LogP contribution in [0.5, 0.6) is 0 Å². The number of tetrazole rings is 1. The van der Waals surface area contributed by atoms with Crippen molar-refractivity contribution < 1.29 is 23.1 Å². The highest BCUT2D eigenvalue weighted by Crippen LogP contribution is 2.35. The molecule has 0 saturated carbocycles. The first-order valence-electron chi connectivity index (χ1n) is 7.35. The van der Waals surface area contributed by atoms with E-state index in [1.807, 2.05) is 0 Å². The van der Waals surface area contributed by atoms with Crippen molar-refractivity contribution in [3.63, 3.8) is 0 Å². The minimum atomic E-state index is -4.62. The number of carbonyl (C=O) groups is 1. The highest BCUT2D eigenvalue weighted by molar-refractivity contribution is 6.30. The number of carboxylic acids is 1. The normalized spacial score (nSPS) is 18.6. The zero-order valence-electron chi connectivity index (χ0n) is 12.7. The van der Waals surface area contributed by atoms with Gasteiger partial charge >= 0.3 is 12.1 Å². The van der Waals surface area contributed by atoms with Crippen LogP contribution in [0.25, 0.3) is 5.69 Å². The first-order chi connectivity index (χ1) is 11.8. The molecule has 1 fully saturated rings. The van der Waals surface area contributed by atoms with Gasteiger partial charge < -0.3 is 5.11 Å². The minimum Gasteiger partial charge on any atom is -0.481 e. The Morgan fingerprint density at radius 3 is 2.80 bits per heavy atom. The lowest BCUT2D eigenvalue weighted by atomic mass is 10.1. The third-order valence-electron chi connectivity index (χ3n) is 4.01. The number of carboxylic acid groups (broad SMARTS) is 1. The number of rotatable bonds is 4. The van der Waals surface area contributed by atoms with Crippen molar-refractivity contribution in [2.24, 2.45) is 5.92 Å².